The predicted octanol–water partition coefficient (Wildman–Crippen LogP) is 4.25. The van der Waals surface area contributed by atoms with Crippen LogP contribution in [0.3, 0.4) is 0 Å². The Morgan fingerprint density at radius 3 is 2.46 bits per heavy atom. The number of rotatable bonds is 6. The molecule has 1 aromatic heterocycles. The minimum Gasteiger partial charge on any atom is -0.328 e. The molecule has 8 heteroatoms. The van der Waals surface area contributed by atoms with Gasteiger partial charge in [-0.1, -0.05) is 11.6 Å². The van der Waals surface area contributed by atoms with Gasteiger partial charge >= 0.3 is 0 Å². The molecule has 1 heterocycles. The smallest absolute Gasteiger partial charge is 0.242 e. The molecule has 0 atom stereocenters. The van der Waals surface area contributed by atoms with Crippen LogP contribution in [0.1, 0.15) is 12.7 Å². The van der Waals surface area contributed by atoms with E-state index in [4.69, 9.17) is 11.6 Å². The lowest BCUT2D eigenvalue weighted by Crippen LogP contribution is -2.22. The van der Waals surface area contributed by atoms with Crippen molar-refractivity contribution in [2.45, 2.75) is 29.0 Å². The molecule has 0 saturated carbocycles. The summed E-state index contributed by atoms with van der Waals surface area (Å²) < 4.78 is 28.0. The summed E-state index contributed by atoms with van der Waals surface area (Å²) in [5.41, 5.74) is 1.64. The largest absolute Gasteiger partial charge is 0.328 e. The second-order valence-corrected chi connectivity index (χ2v) is 9.59. The van der Waals surface area contributed by atoms with E-state index in [1.165, 1.54) is 18.4 Å². The summed E-state index contributed by atoms with van der Waals surface area (Å²) in [6.07, 6.45) is 0. The van der Waals surface area contributed by atoms with Gasteiger partial charge in [0.2, 0.25) is 10.0 Å². The van der Waals surface area contributed by atoms with Crippen LogP contribution in [0.2, 0.25) is 5.02 Å². The van der Waals surface area contributed by atoms with Crippen molar-refractivity contribution >= 4 is 44.4 Å². The van der Waals surface area contributed by atoms with Gasteiger partial charge in [-0.25, -0.2) is 17.7 Å². The highest BCUT2D eigenvalue weighted by atomic mass is 35.5. The van der Waals surface area contributed by atoms with Crippen LogP contribution in [0.25, 0.3) is 11.0 Å². The molecule has 0 bridgehead atoms. The number of hydrogen-bond donors (Lipinski definition) is 0. The lowest BCUT2D eigenvalue weighted by atomic mass is 10.3. The Hall–Kier alpha value is -1.54. The van der Waals surface area contributed by atoms with Gasteiger partial charge in [-0.2, -0.15) is 0 Å². The highest BCUT2D eigenvalue weighted by Crippen LogP contribution is 2.27. The SMILES string of the molecule is CCn1c(CSc2ccc(Cl)cc2)nc2cc(S(=O)(=O)N(C)C)ccc21. The molecule has 0 aliphatic heterocycles. The molecule has 0 N–H and O–H groups in total. The molecule has 0 unspecified atom stereocenters. The van der Waals surface area contributed by atoms with Gasteiger partial charge in [0.15, 0.2) is 0 Å². The van der Waals surface area contributed by atoms with Gasteiger partial charge in [0.25, 0.3) is 0 Å². The molecule has 3 rings (SSSR count). The van der Waals surface area contributed by atoms with Gasteiger partial charge in [-0.3, -0.25) is 0 Å². The molecule has 0 spiro atoms. The molecule has 138 valence electrons. The Kier molecular flexibility index (Phi) is 5.62. The van der Waals surface area contributed by atoms with E-state index < -0.39 is 10.0 Å². The summed E-state index contributed by atoms with van der Waals surface area (Å²) in [5, 5.41) is 0.713. The molecule has 2 aromatic carbocycles. The van der Waals surface area contributed by atoms with E-state index in [1.54, 1.807) is 23.9 Å². The van der Waals surface area contributed by atoms with Crippen LogP contribution in [0.15, 0.2) is 52.3 Å². The van der Waals surface area contributed by atoms with Crippen molar-refractivity contribution in [3.8, 4) is 0 Å². The van der Waals surface area contributed by atoms with Crippen molar-refractivity contribution in [2.24, 2.45) is 0 Å². The Labute approximate surface area is 163 Å². The molecule has 0 aliphatic carbocycles. The standard InChI is InChI=1S/C18H20ClN3O2S2/c1-4-22-17-10-9-15(26(23,24)21(2)3)11-16(17)20-18(22)12-25-14-7-5-13(19)6-8-14/h5-11H,4,12H2,1-3H3. The maximum Gasteiger partial charge on any atom is 0.242 e. The number of hydrogen-bond acceptors (Lipinski definition) is 4. The van der Waals surface area contributed by atoms with Crippen molar-refractivity contribution in [3.63, 3.8) is 0 Å². The summed E-state index contributed by atoms with van der Waals surface area (Å²) in [7, 11) is -0.419. The van der Waals surface area contributed by atoms with Gasteiger partial charge in [-0.15, -0.1) is 11.8 Å². The van der Waals surface area contributed by atoms with Crippen LogP contribution in [-0.2, 0) is 22.3 Å². The van der Waals surface area contributed by atoms with Crippen LogP contribution >= 0.6 is 23.4 Å². The maximum atomic E-state index is 12.4. The van der Waals surface area contributed by atoms with E-state index in [-0.39, 0.29) is 4.90 Å². The Bertz CT molecular complexity index is 1030. The highest BCUT2D eigenvalue weighted by Gasteiger charge is 2.19. The first-order valence-corrected chi connectivity index (χ1v) is 10.9. The fraction of sp³-hybridized carbons (Fsp3) is 0.278. The second-order valence-electron chi connectivity index (χ2n) is 5.95. The number of thioether (sulfide) groups is 1. The lowest BCUT2D eigenvalue weighted by molar-refractivity contribution is 0.521. The number of aryl methyl sites for hydroxylation is 1. The molecule has 3 aromatic rings. The third-order valence-electron chi connectivity index (χ3n) is 4.08. The number of sulfonamides is 1. The average molecular weight is 410 g/mol. The normalized spacial score (nSPS) is 12.2. The quantitative estimate of drug-likeness (QED) is 0.571. The molecule has 0 radical (unpaired) electrons. The molecular formula is C18H20ClN3O2S2. The van der Waals surface area contributed by atoms with Crippen LogP contribution < -0.4 is 0 Å². The Morgan fingerprint density at radius 1 is 1.15 bits per heavy atom. The fourth-order valence-electron chi connectivity index (χ4n) is 2.67. The van der Waals surface area contributed by atoms with Crippen LogP contribution in [0.5, 0.6) is 0 Å². The molecule has 0 fully saturated rings. The van der Waals surface area contributed by atoms with Crippen LogP contribution in [0, 0.1) is 0 Å². The second kappa shape index (κ2) is 7.60. The molecule has 26 heavy (non-hydrogen) atoms. The third kappa shape index (κ3) is 3.76. The van der Waals surface area contributed by atoms with Crippen molar-refractivity contribution in [3.05, 3.63) is 53.3 Å². The number of imidazole rings is 1. The van der Waals surface area contributed by atoms with E-state index in [2.05, 4.69) is 16.5 Å². The molecule has 0 aliphatic rings. The summed E-state index contributed by atoms with van der Waals surface area (Å²) in [6.45, 7) is 2.83. The first-order valence-electron chi connectivity index (χ1n) is 8.13. The van der Waals surface area contributed by atoms with Crippen LogP contribution in [-0.4, -0.2) is 36.4 Å². The maximum absolute atomic E-state index is 12.4. The van der Waals surface area contributed by atoms with Crippen molar-refractivity contribution in [1.29, 1.82) is 0 Å². The van der Waals surface area contributed by atoms with E-state index >= 15 is 0 Å². The predicted molar refractivity (Wildman–Crippen MR) is 107 cm³/mol. The number of nitrogens with zero attached hydrogens (tertiary/aromatic N) is 3. The van der Waals surface area contributed by atoms with Gasteiger partial charge in [0.1, 0.15) is 5.82 Å². The number of aromatic nitrogens is 2. The molecule has 0 amide bonds. The van der Waals surface area contributed by atoms with E-state index in [9.17, 15) is 8.42 Å². The minimum absolute atomic E-state index is 0.257. The number of benzene rings is 2. The molecule has 0 saturated heterocycles. The first kappa shape index (κ1) is 19.2. The first-order chi connectivity index (χ1) is 12.3. The highest BCUT2D eigenvalue weighted by molar-refractivity contribution is 7.98. The topological polar surface area (TPSA) is 55.2 Å². The van der Waals surface area contributed by atoms with Crippen molar-refractivity contribution in [2.75, 3.05) is 14.1 Å². The van der Waals surface area contributed by atoms with Gasteiger partial charge in [0.05, 0.1) is 21.7 Å². The zero-order valence-electron chi connectivity index (χ0n) is 14.8. The van der Waals surface area contributed by atoms with E-state index in [1.807, 2.05) is 30.3 Å². The summed E-state index contributed by atoms with van der Waals surface area (Å²) in [6, 6.07) is 12.8. The summed E-state index contributed by atoms with van der Waals surface area (Å²) in [4.78, 5) is 6.05. The lowest BCUT2D eigenvalue weighted by Gasteiger charge is -2.11. The fourth-order valence-corrected chi connectivity index (χ4v) is 4.57. The minimum atomic E-state index is -3.47. The molecule has 5 nitrogen and oxygen atoms in total. The van der Waals surface area contributed by atoms with Gasteiger partial charge < -0.3 is 4.57 Å². The van der Waals surface area contributed by atoms with E-state index in [0.717, 1.165) is 22.8 Å². The zero-order chi connectivity index (χ0) is 18.9. The number of halogens is 1. The Morgan fingerprint density at radius 2 is 1.85 bits per heavy atom. The Balaban J connectivity index is 1.94. The average Bonchev–Trinajstić information content (AvgIpc) is 2.97. The number of fused-ring (bicyclic) bond motifs is 1. The van der Waals surface area contributed by atoms with Crippen LogP contribution in [0.4, 0.5) is 0 Å². The third-order valence-corrected chi connectivity index (χ3v) is 7.15. The van der Waals surface area contributed by atoms with Crippen molar-refractivity contribution < 1.29 is 8.42 Å². The summed E-state index contributed by atoms with van der Waals surface area (Å²) in [5.74, 6) is 1.61. The zero-order valence-corrected chi connectivity index (χ0v) is 17.2. The monoisotopic (exact) mass is 409 g/mol. The molecular weight excluding hydrogens is 390 g/mol. The van der Waals surface area contributed by atoms with Crippen molar-refractivity contribution in [1.82, 2.24) is 13.9 Å². The van der Waals surface area contributed by atoms with Gasteiger partial charge in [-0.05, 0) is 49.4 Å². The summed E-state index contributed by atoms with van der Waals surface area (Å²) >= 11 is 7.60. The van der Waals surface area contributed by atoms with Gasteiger partial charge in [0, 0.05) is 30.6 Å². The van der Waals surface area contributed by atoms with E-state index in [0.29, 0.717) is 16.3 Å².